The predicted octanol–water partition coefficient (Wildman–Crippen LogP) is 3.21. The SMILES string of the molecule is CC(C)c1ccc(S(=O)(=O)NCCCC(=O)OC(C)(C)C)cc1. The summed E-state index contributed by atoms with van der Waals surface area (Å²) >= 11 is 0. The molecule has 0 fully saturated rings. The number of sulfonamides is 1. The molecule has 0 heterocycles. The molecule has 5 nitrogen and oxygen atoms in total. The second kappa shape index (κ2) is 7.93. The maximum absolute atomic E-state index is 12.2. The van der Waals surface area contributed by atoms with E-state index in [1.807, 2.05) is 12.1 Å². The number of hydrogen-bond acceptors (Lipinski definition) is 4. The van der Waals surface area contributed by atoms with Crippen LogP contribution in [0.3, 0.4) is 0 Å². The first-order chi connectivity index (χ1) is 10.5. The summed E-state index contributed by atoms with van der Waals surface area (Å²) in [6.07, 6.45) is 0.588. The monoisotopic (exact) mass is 341 g/mol. The highest BCUT2D eigenvalue weighted by Crippen LogP contribution is 2.17. The van der Waals surface area contributed by atoms with Crippen LogP contribution in [0.5, 0.6) is 0 Å². The van der Waals surface area contributed by atoms with Crippen LogP contribution in [0.25, 0.3) is 0 Å². The van der Waals surface area contributed by atoms with Gasteiger partial charge in [-0.1, -0.05) is 26.0 Å². The Labute approximate surface area is 139 Å². The number of ether oxygens (including phenoxy) is 1. The average Bonchev–Trinajstić information content (AvgIpc) is 2.42. The third-order valence-electron chi connectivity index (χ3n) is 3.13. The van der Waals surface area contributed by atoms with Crippen molar-refractivity contribution in [1.82, 2.24) is 4.72 Å². The minimum absolute atomic E-state index is 0.187. The van der Waals surface area contributed by atoms with Gasteiger partial charge in [0, 0.05) is 13.0 Å². The zero-order valence-electron chi connectivity index (χ0n) is 14.5. The quantitative estimate of drug-likeness (QED) is 0.610. The van der Waals surface area contributed by atoms with Gasteiger partial charge in [0.25, 0.3) is 0 Å². The van der Waals surface area contributed by atoms with Gasteiger partial charge in [0.2, 0.25) is 10.0 Å². The van der Waals surface area contributed by atoms with E-state index < -0.39 is 15.6 Å². The zero-order chi connectivity index (χ0) is 17.7. The van der Waals surface area contributed by atoms with Crippen molar-refractivity contribution in [2.75, 3.05) is 6.54 Å². The van der Waals surface area contributed by atoms with Crippen LogP contribution < -0.4 is 4.72 Å². The van der Waals surface area contributed by atoms with Crippen LogP contribution >= 0.6 is 0 Å². The molecule has 0 unspecified atom stereocenters. The Kier molecular flexibility index (Phi) is 6.77. The number of nitrogens with one attached hydrogen (secondary N) is 1. The molecule has 0 amide bonds. The molecule has 1 rings (SSSR count). The van der Waals surface area contributed by atoms with Crippen LogP contribution in [0.1, 0.15) is 58.9 Å². The fourth-order valence-electron chi connectivity index (χ4n) is 1.95. The number of esters is 1. The molecule has 1 aromatic carbocycles. The van der Waals surface area contributed by atoms with E-state index in [0.717, 1.165) is 5.56 Å². The molecule has 0 saturated heterocycles. The largest absolute Gasteiger partial charge is 0.460 e. The average molecular weight is 341 g/mol. The fraction of sp³-hybridized carbons (Fsp3) is 0.588. The second-order valence-electron chi connectivity index (χ2n) is 6.81. The summed E-state index contributed by atoms with van der Waals surface area (Å²) < 4.78 is 32.0. The van der Waals surface area contributed by atoms with Gasteiger partial charge in [-0.15, -0.1) is 0 Å². The van der Waals surface area contributed by atoms with Gasteiger partial charge in [-0.2, -0.15) is 0 Å². The molecule has 0 saturated carbocycles. The molecule has 0 aliphatic rings. The molecule has 1 aromatic rings. The molecule has 0 aliphatic heterocycles. The first-order valence-electron chi connectivity index (χ1n) is 7.83. The van der Waals surface area contributed by atoms with Gasteiger partial charge < -0.3 is 4.74 Å². The molecule has 0 radical (unpaired) electrons. The van der Waals surface area contributed by atoms with Crippen molar-refractivity contribution >= 4 is 16.0 Å². The third-order valence-corrected chi connectivity index (χ3v) is 4.60. The smallest absolute Gasteiger partial charge is 0.306 e. The zero-order valence-corrected chi connectivity index (χ0v) is 15.4. The van der Waals surface area contributed by atoms with Crippen LogP contribution in [0.15, 0.2) is 29.2 Å². The maximum atomic E-state index is 12.2. The number of carbonyl (C=O) groups is 1. The van der Waals surface area contributed by atoms with E-state index in [1.165, 1.54) is 0 Å². The second-order valence-corrected chi connectivity index (χ2v) is 8.58. The van der Waals surface area contributed by atoms with Gasteiger partial charge in [-0.3, -0.25) is 4.79 Å². The molecule has 130 valence electrons. The first-order valence-corrected chi connectivity index (χ1v) is 9.31. The molecule has 0 spiro atoms. The lowest BCUT2D eigenvalue weighted by Gasteiger charge is -2.19. The number of hydrogen-bond donors (Lipinski definition) is 1. The number of benzene rings is 1. The van der Waals surface area contributed by atoms with E-state index >= 15 is 0 Å². The lowest BCUT2D eigenvalue weighted by molar-refractivity contribution is -0.154. The fourth-order valence-corrected chi connectivity index (χ4v) is 3.02. The minimum Gasteiger partial charge on any atom is -0.460 e. The van der Waals surface area contributed by atoms with Crippen molar-refractivity contribution in [2.24, 2.45) is 0 Å². The first kappa shape index (κ1) is 19.6. The third kappa shape index (κ3) is 7.14. The molecule has 6 heteroatoms. The van der Waals surface area contributed by atoms with E-state index in [2.05, 4.69) is 18.6 Å². The lowest BCUT2D eigenvalue weighted by atomic mass is 10.0. The maximum Gasteiger partial charge on any atom is 0.306 e. The molecule has 23 heavy (non-hydrogen) atoms. The molecule has 0 atom stereocenters. The summed E-state index contributed by atoms with van der Waals surface area (Å²) in [6.45, 7) is 9.71. The number of carbonyl (C=O) groups excluding carboxylic acids is 1. The van der Waals surface area contributed by atoms with Crippen molar-refractivity contribution in [3.8, 4) is 0 Å². The Morgan fingerprint density at radius 1 is 1.17 bits per heavy atom. The Morgan fingerprint density at radius 3 is 2.22 bits per heavy atom. The van der Waals surface area contributed by atoms with Crippen molar-refractivity contribution in [1.29, 1.82) is 0 Å². The highest BCUT2D eigenvalue weighted by atomic mass is 32.2. The lowest BCUT2D eigenvalue weighted by Crippen LogP contribution is -2.27. The Bertz CT molecular complexity index is 613. The molecule has 0 aliphatic carbocycles. The van der Waals surface area contributed by atoms with Crippen molar-refractivity contribution < 1.29 is 17.9 Å². The van der Waals surface area contributed by atoms with Crippen LogP contribution in [0.4, 0.5) is 0 Å². The van der Waals surface area contributed by atoms with E-state index in [1.54, 1.807) is 32.9 Å². The van der Waals surface area contributed by atoms with Gasteiger partial charge >= 0.3 is 5.97 Å². The van der Waals surface area contributed by atoms with Gasteiger partial charge in [-0.25, -0.2) is 13.1 Å². The van der Waals surface area contributed by atoms with Crippen LogP contribution in [-0.4, -0.2) is 26.5 Å². The van der Waals surface area contributed by atoms with E-state index in [9.17, 15) is 13.2 Å². The summed E-state index contributed by atoms with van der Waals surface area (Å²) in [5, 5.41) is 0. The van der Waals surface area contributed by atoms with Crippen LogP contribution in [-0.2, 0) is 19.6 Å². The van der Waals surface area contributed by atoms with Gasteiger partial charge in [-0.05, 0) is 50.8 Å². The van der Waals surface area contributed by atoms with Crippen LogP contribution in [0.2, 0.25) is 0 Å². The predicted molar refractivity (Wildman–Crippen MR) is 90.8 cm³/mol. The van der Waals surface area contributed by atoms with Crippen molar-refractivity contribution in [2.45, 2.75) is 63.9 Å². The summed E-state index contributed by atoms with van der Waals surface area (Å²) in [6, 6.07) is 6.84. The van der Waals surface area contributed by atoms with Gasteiger partial charge in [0.1, 0.15) is 5.60 Å². The normalized spacial score (nSPS) is 12.4. The van der Waals surface area contributed by atoms with Gasteiger partial charge in [0.15, 0.2) is 0 Å². The Morgan fingerprint density at radius 2 is 1.74 bits per heavy atom. The standard InChI is InChI=1S/C17H27NO4S/c1-13(2)14-8-10-15(11-9-14)23(20,21)18-12-6-7-16(19)22-17(3,4)5/h8-11,13,18H,6-7,12H2,1-5H3. The van der Waals surface area contributed by atoms with E-state index in [0.29, 0.717) is 12.3 Å². The highest BCUT2D eigenvalue weighted by Gasteiger charge is 2.17. The van der Waals surface area contributed by atoms with Crippen LogP contribution in [0, 0.1) is 0 Å². The van der Waals surface area contributed by atoms with Crippen molar-refractivity contribution in [3.05, 3.63) is 29.8 Å². The summed E-state index contributed by atoms with van der Waals surface area (Å²) in [4.78, 5) is 11.8. The van der Waals surface area contributed by atoms with E-state index in [4.69, 9.17) is 4.74 Å². The topological polar surface area (TPSA) is 72.5 Å². The Hall–Kier alpha value is -1.40. The molecule has 1 N–H and O–H groups in total. The molecular formula is C17H27NO4S. The molecule has 0 aromatic heterocycles. The highest BCUT2D eigenvalue weighted by molar-refractivity contribution is 7.89. The number of rotatable bonds is 7. The Balaban J connectivity index is 2.48. The molecular weight excluding hydrogens is 314 g/mol. The minimum atomic E-state index is -3.54. The van der Waals surface area contributed by atoms with Crippen molar-refractivity contribution in [3.63, 3.8) is 0 Å². The van der Waals surface area contributed by atoms with E-state index in [-0.39, 0.29) is 23.8 Å². The van der Waals surface area contributed by atoms with Gasteiger partial charge in [0.05, 0.1) is 4.90 Å². The summed E-state index contributed by atoms with van der Waals surface area (Å²) in [7, 11) is -3.54. The molecule has 0 bridgehead atoms. The summed E-state index contributed by atoms with van der Waals surface area (Å²) in [5.74, 6) is 0.0338. The summed E-state index contributed by atoms with van der Waals surface area (Å²) in [5.41, 5.74) is 0.572.